The van der Waals surface area contributed by atoms with E-state index in [4.69, 9.17) is 67.5 Å². The van der Waals surface area contributed by atoms with Crippen LogP contribution in [0.3, 0.4) is 0 Å². The number of carbonyl (C=O) groups excluding carboxylic acids is 6. The van der Waals surface area contributed by atoms with E-state index < -0.39 is 52.7 Å². The molecule has 4 amide bonds. The first-order chi connectivity index (χ1) is 33.0. The molecule has 0 spiro atoms. The second-order valence-electron chi connectivity index (χ2n) is 15.0. The standard InChI is InChI=1S/C48H45Cl5N8O8/c1-25(51)33-22-30(54-47(66)43(26(2)62)60-58-31-8-11-36(52)34(23-31)45(64)56-39-20-28(16-18-49)6-14-41(39)68-4)10-13-38(33)55-48(67)44(27(3)63)61-59-32-9-12-37(53)35(24-32)46(65)57-40-21-29(17-19-50)7-15-42(40)69-5/h6-15,20-25,43-44H,16-19H2,1-5H3,(H,54,66)(H,55,67)(H,56,64)(H,57,65). The average molecular weight is 1040 g/mol. The summed E-state index contributed by atoms with van der Waals surface area (Å²) in [6.07, 6.45) is 1.13. The van der Waals surface area contributed by atoms with Crippen molar-refractivity contribution < 1.29 is 38.2 Å². The van der Waals surface area contributed by atoms with Gasteiger partial charge in [0.25, 0.3) is 23.6 Å². The topological polar surface area (TPSA) is 218 Å². The van der Waals surface area contributed by atoms with Crippen LogP contribution in [0.15, 0.2) is 111 Å². The van der Waals surface area contributed by atoms with Gasteiger partial charge in [-0.05, 0) is 129 Å². The van der Waals surface area contributed by atoms with Crippen molar-refractivity contribution >= 4 is 127 Å². The molecule has 0 bridgehead atoms. The highest BCUT2D eigenvalue weighted by atomic mass is 35.5. The average Bonchev–Trinajstić information content (AvgIpc) is 3.30. The second-order valence-corrected chi connectivity index (χ2v) is 17.3. The number of Topliss-reactive ketones (excluding diaryl/α,β-unsaturated/α-hetero) is 2. The molecule has 0 radical (unpaired) electrons. The quantitative estimate of drug-likeness (QED) is 0.0314. The third-order valence-corrected chi connectivity index (χ3v) is 11.3. The molecule has 0 fully saturated rings. The molecule has 0 aliphatic rings. The van der Waals surface area contributed by atoms with Crippen LogP contribution in [0.2, 0.25) is 10.0 Å². The highest BCUT2D eigenvalue weighted by molar-refractivity contribution is 6.35. The van der Waals surface area contributed by atoms with E-state index in [1.165, 1.54) is 68.8 Å². The van der Waals surface area contributed by atoms with Gasteiger partial charge in [0.05, 0.1) is 63.5 Å². The Morgan fingerprint density at radius 2 is 1.01 bits per heavy atom. The number of nitrogens with zero attached hydrogens (tertiary/aromatic N) is 4. The van der Waals surface area contributed by atoms with E-state index in [1.54, 1.807) is 31.2 Å². The lowest BCUT2D eigenvalue weighted by Gasteiger charge is -2.17. The van der Waals surface area contributed by atoms with E-state index in [0.717, 1.165) is 25.0 Å². The number of methoxy groups -OCH3 is 2. The molecule has 5 aromatic carbocycles. The lowest BCUT2D eigenvalue weighted by Crippen LogP contribution is -2.32. The maximum Gasteiger partial charge on any atom is 0.258 e. The molecule has 5 aromatic rings. The number of aryl methyl sites for hydroxylation is 2. The van der Waals surface area contributed by atoms with Crippen LogP contribution in [-0.2, 0) is 32.0 Å². The van der Waals surface area contributed by atoms with Crippen LogP contribution in [0.1, 0.15) is 63.6 Å². The summed E-state index contributed by atoms with van der Waals surface area (Å²) in [7, 11) is 2.93. The summed E-state index contributed by atoms with van der Waals surface area (Å²) in [5.41, 5.74) is 3.54. The number of nitrogens with one attached hydrogen (secondary N) is 4. The third-order valence-electron chi connectivity index (χ3n) is 10.0. The van der Waals surface area contributed by atoms with Crippen LogP contribution in [0, 0.1) is 0 Å². The van der Waals surface area contributed by atoms with E-state index in [9.17, 15) is 28.8 Å². The number of amides is 4. The number of alkyl halides is 3. The van der Waals surface area contributed by atoms with Gasteiger partial charge in [-0.15, -0.1) is 34.8 Å². The Labute approximate surface area is 422 Å². The van der Waals surface area contributed by atoms with Crippen molar-refractivity contribution in [2.24, 2.45) is 20.5 Å². The van der Waals surface area contributed by atoms with Crippen molar-refractivity contribution in [1.29, 1.82) is 0 Å². The number of azo groups is 2. The molecule has 4 N–H and O–H groups in total. The van der Waals surface area contributed by atoms with Gasteiger partial charge in [0, 0.05) is 23.1 Å². The zero-order chi connectivity index (χ0) is 50.4. The molecule has 0 saturated heterocycles. The number of rotatable bonds is 21. The number of hydrogen-bond acceptors (Lipinski definition) is 12. The van der Waals surface area contributed by atoms with Crippen molar-refractivity contribution in [3.05, 3.63) is 129 Å². The number of carbonyl (C=O) groups is 6. The minimum atomic E-state index is -1.63. The highest BCUT2D eigenvalue weighted by Gasteiger charge is 2.27. The summed E-state index contributed by atoms with van der Waals surface area (Å²) in [4.78, 5) is 79.2. The smallest absolute Gasteiger partial charge is 0.258 e. The van der Waals surface area contributed by atoms with E-state index in [-0.39, 0.29) is 43.9 Å². The molecule has 0 saturated carbocycles. The molecule has 16 nitrogen and oxygen atoms in total. The lowest BCUT2D eigenvalue weighted by atomic mass is 10.1. The molecule has 0 aliphatic heterocycles. The van der Waals surface area contributed by atoms with E-state index in [2.05, 4.69) is 41.7 Å². The summed E-state index contributed by atoms with van der Waals surface area (Å²) in [5, 5.41) is 26.4. The van der Waals surface area contributed by atoms with Gasteiger partial charge in [-0.3, -0.25) is 28.8 Å². The van der Waals surface area contributed by atoms with Gasteiger partial charge in [0.15, 0.2) is 11.6 Å². The Balaban J connectivity index is 1.28. The Hall–Kier alpha value is -6.43. The van der Waals surface area contributed by atoms with Crippen LogP contribution in [0.5, 0.6) is 11.5 Å². The Morgan fingerprint density at radius 3 is 1.42 bits per heavy atom. The van der Waals surface area contributed by atoms with Gasteiger partial charge < -0.3 is 30.7 Å². The molecular formula is C48H45Cl5N8O8. The molecular weight excluding hydrogens is 994 g/mol. The monoisotopic (exact) mass is 1040 g/mol. The molecule has 3 atom stereocenters. The summed E-state index contributed by atoms with van der Waals surface area (Å²) in [6.45, 7) is 3.94. The fraction of sp³-hybridized carbons (Fsp3) is 0.250. The number of anilines is 4. The largest absolute Gasteiger partial charge is 0.495 e. The molecule has 3 unspecified atom stereocenters. The van der Waals surface area contributed by atoms with Crippen molar-refractivity contribution in [3.63, 3.8) is 0 Å². The van der Waals surface area contributed by atoms with Crippen molar-refractivity contribution in [1.82, 2.24) is 0 Å². The van der Waals surface area contributed by atoms with Crippen LogP contribution in [0.25, 0.3) is 0 Å². The Morgan fingerprint density at radius 1 is 0.565 bits per heavy atom. The normalized spacial score (nSPS) is 12.5. The maximum absolute atomic E-state index is 13.5. The molecule has 69 heavy (non-hydrogen) atoms. The second kappa shape index (κ2) is 25.3. The van der Waals surface area contributed by atoms with Crippen LogP contribution >= 0.6 is 58.0 Å². The highest BCUT2D eigenvalue weighted by Crippen LogP contribution is 2.33. The summed E-state index contributed by atoms with van der Waals surface area (Å²) in [6, 6.07) is 20.1. The zero-order valence-corrected chi connectivity index (χ0v) is 41.4. The van der Waals surface area contributed by atoms with Gasteiger partial charge >= 0.3 is 0 Å². The third kappa shape index (κ3) is 14.5. The molecule has 0 aromatic heterocycles. The number of hydrogen-bond donors (Lipinski definition) is 4. The number of ketones is 2. The minimum absolute atomic E-state index is 0.0350. The zero-order valence-electron chi connectivity index (χ0n) is 37.7. The Kier molecular flexibility index (Phi) is 19.6. The van der Waals surface area contributed by atoms with Gasteiger partial charge in [0.1, 0.15) is 11.5 Å². The van der Waals surface area contributed by atoms with Crippen molar-refractivity contribution in [2.75, 3.05) is 47.2 Å². The van der Waals surface area contributed by atoms with Crippen LogP contribution in [0.4, 0.5) is 34.1 Å². The fourth-order valence-corrected chi connectivity index (χ4v) is 7.52. The van der Waals surface area contributed by atoms with Gasteiger partial charge in [-0.2, -0.15) is 20.5 Å². The minimum Gasteiger partial charge on any atom is -0.495 e. The lowest BCUT2D eigenvalue weighted by molar-refractivity contribution is -0.127. The predicted molar refractivity (Wildman–Crippen MR) is 270 cm³/mol. The first-order valence-corrected chi connectivity index (χ1v) is 23.1. The number of halogens is 5. The molecule has 360 valence electrons. The molecule has 5 rings (SSSR count). The number of ether oxygens (including phenoxy) is 2. The van der Waals surface area contributed by atoms with E-state index >= 15 is 0 Å². The van der Waals surface area contributed by atoms with E-state index in [0.29, 0.717) is 53.0 Å². The molecule has 21 heteroatoms. The summed E-state index contributed by atoms with van der Waals surface area (Å²) < 4.78 is 10.8. The SMILES string of the molecule is COc1ccc(CCCl)cc1NC(=O)c1cc(N=NC(C(C)=O)C(=O)Nc2ccc(NC(=O)C(N=Nc3ccc(Cl)c(C(=O)Nc4cc(CCCl)ccc4OC)c3)C(C)=O)c(C(C)Cl)c2)ccc1Cl. The predicted octanol–water partition coefficient (Wildman–Crippen LogP) is 11.7. The van der Waals surface area contributed by atoms with Crippen molar-refractivity contribution in [2.45, 2.75) is 51.1 Å². The number of benzene rings is 5. The van der Waals surface area contributed by atoms with Gasteiger partial charge in [-0.25, -0.2) is 0 Å². The molecule has 0 heterocycles. The fourth-order valence-electron chi connectivity index (χ4n) is 6.49. The van der Waals surface area contributed by atoms with Gasteiger partial charge in [-0.1, -0.05) is 35.3 Å². The maximum atomic E-state index is 13.5. The first kappa shape index (κ1) is 53.5. The van der Waals surface area contributed by atoms with E-state index in [1.807, 2.05) is 12.1 Å². The van der Waals surface area contributed by atoms with Gasteiger partial charge in [0.2, 0.25) is 12.1 Å². The molecule has 0 aliphatic carbocycles. The Bertz CT molecular complexity index is 2820. The summed E-state index contributed by atoms with van der Waals surface area (Å²) in [5.74, 6) is -2.57. The summed E-state index contributed by atoms with van der Waals surface area (Å²) >= 11 is 31.1. The van der Waals surface area contributed by atoms with Crippen LogP contribution in [-0.4, -0.2) is 73.3 Å². The van der Waals surface area contributed by atoms with Crippen LogP contribution < -0.4 is 30.7 Å². The van der Waals surface area contributed by atoms with Crippen molar-refractivity contribution in [3.8, 4) is 11.5 Å². The first-order valence-electron chi connectivity index (χ1n) is 20.9.